The van der Waals surface area contributed by atoms with Crippen LogP contribution in [0.25, 0.3) is 10.8 Å². The minimum Gasteiger partial charge on any atom is -0.376 e. The van der Waals surface area contributed by atoms with Crippen LogP contribution in [0.3, 0.4) is 0 Å². The number of hydrogen-bond acceptors (Lipinski definition) is 7. The van der Waals surface area contributed by atoms with Gasteiger partial charge < -0.3 is 5.11 Å². The van der Waals surface area contributed by atoms with E-state index in [0.29, 0.717) is 22.3 Å². The Morgan fingerprint density at radius 3 is 2.39 bits per heavy atom. The van der Waals surface area contributed by atoms with Crippen molar-refractivity contribution in [1.29, 1.82) is 0 Å². The third-order valence-corrected chi connectivity index (χ3v) is 5.41. The number of sulfonamides is 1. The Morgan fingerprint density at radius 2 is 1.77 bits per heavy atom. The van der Waals surface area contributed by atoms with Crippen LogP contribution >= 0.6 is 0 Å². The number of likely N-dealkylation sites (N-methyl/N-ethyl adjacent to an activating group) is 1. The molecule has 0 aliphatic rings. The molecule has 164 valence electrons. The molecule has 10 heteroatoms. The maximum Gasteiger partial charge on any atom is 0.274 e. The zero-order valence-electron chi connectivity index (χ0n) is 17.4. The molecule has 3 rings (SSSR count). The third-order valence-electron chi connectivity index (χ3n) is 4.80. The van der Waals surface area contributed by atoms with Gasteiger partial charge in [0.05, 0.1) is 30.4 Å². The number of aliphatic hydroxyl groups excluding tert-OH is 1. The van der Waals surface area contributed by atoms with Crippen LogP contribution in [0.4, 0.5) is 5.69 Å². The van der Waals surface area contributed by atoms with Crippen LogP contribution in [-0.4, -0.2) is 60.1 Å². The molecule has 0 radical (unpaired) electrons. The molecule has 0 aliphatic heterocycles. The summed E-state index contributed by atoms with van der Waals surface area (Å²) in [5.74, 6) is -0.262. The number of ketones is 1. The van der Waals surface area contributed by atoms with Crippen molar-refractivity contribution in [3.63, 3.8) is 0 Å². The van der Waals surface area contributed by atoms with Gasteiger partial charge in [-0.15, -0.1) is 0 Å². The summed E-state index contributed by atoms with van der Waals surface area (Å²) in [6.07, 6.45) is -0.0690. The number of aromatic nitrogens is 2. The number of nitrogens with zero attached hydrogens (tertiary/aromatic N) is 3. The molecule has 0 spiro atoms. The number of nitrogens with one attached hydrogen (secondary N) is 1. The number of aryl methyl sites for hydroxylation is 1. The van der Waals surface area contributed by atoms with E-state index in [-0.39, 0.29) is 24.4 Å². The Kier molecular flexibility index (Phi) is 6.54. The number of carbonyl (C=O) groups is 1. The van der Waals surface area contributed by atoms with E-state index in [2.05, 4.69) is 9.82 Å². The molecule has 0 saturated carbocycles. The van der Waals surface area contributed by atoms with Gasteiger partial charge in [-0.05, 0) is 44.3 Å². The first-order valence-electron chi connectivity index (χ1n) is 9.51. The summed E-state index contributed by atoms with van der Waals surface area (Å²) >= 11 is 0. The molecule has 1 heterocycles. The molecule has 2 aromatic carbocycles. The predicted octanol–water partition coefficient (Wildman–Crippen LogP) is 1.21. The zero-order chi connectivity index (χ0) is 22.8. The Morgan fingerprint density at radius 1 is 1.16 bits per heavy atom. The van der Waals surface area contributed by atoms with Crippen molar-refractivity contribution in [2.24, 2.45) is 0 Å². The normalized spacial score (nSPS) is 12.8. The Labute approximate surface area is 180 Å². The number of carbonyl (C=O) groups excluding carboxylic acids is 1. The molecule has 3 aromatic rings. The lowest BCUT2D eigenvalue weighted by atomic mass is 10.1. The Bertz CT molecular complexity index is 1270. The lowest BCUT2D eigenvalue weighted by Crippen LogP contribution is -2.41. The van der Waals surface area contributed by atoms with Crippen molar-refractivity contribution >= 4 is 32.3 Å². The molecule has 0 fully saturated rings. The topological polar surface area (TPSA) is 122 Å². The van der Waals surface area contributed by atoms with Crippen LogP contribution in [0, 0.1) is 6.92 Å². The van der Waals surface area contributed by atoms with E-state index >= 15 is 0 Å². The maximum absolute atomic E-state index is 12.7. The van der Waals surface area contributed by atoms with Gasteiger partial charge in [0.1, 0.15) is 6.23 Å². The fourth-order valence-electron chi connectivity index (χ4n) is 3.18. The van der Waals surface area contributed by atoms with Gasteiger partial charge >= 0.3 is 0 Å². The highest BCUT2D eigenvalue weighted by molar-refractivity contribution is 7.92. The second-order valence-corrected chi connectivity index (χ2v) is 9.14. The first kappa shape index (κ1) is 22.6. The average molecular weight is 445 g/mol. The summed E-state index contributed by atoms with van der Waals surface area (Å²) in [5, 5.41) is 16.1. The quantitative estimate of drug-likeness (QED) is 0.396. The Hall–Kier alpha value is -3.08. The van der Waals surface area contributed by atoms with Gasteiger partial charge in [0.2, 0.25) is 10.0 Å². The van der Waals surface area contributed by atoms with E-state index < -0.39 is 16.3 Å². The summed E-state index contributed by atoms with van der Waals surface area (Å²) in [6, 6.07) is 13.1. The molecule has 0 aliphatic carbocycles. The molecule has 1 atom stereocenters. The van der Waals surface area contributed by atoms with Gasteiger partial charge in [-0.2, -0.15) is 5.10 Å². The molecule has 0 amide bonds. The van der Waals surface area contributed by atoms with Gasteiger partial charge in [0, 0.05) is 16.6 Å². The van der Waals surface area contributed by atoms with E-state index in [1.807, 2.05) is 12.1 Å². The molecule has 31 heavy (non-hydrogen) atoms. The molecule has 2 N–H and O–H groups in total. The number of benzene rings is 2. The van der Waals surface area contributed by atoms with Gasteiger partial charge in [-0.3, -0.25) is 19.2 Å². The molecule has 9 nitrogen and oxygen atoms in total. The van der Waals surface area contributed by atoms with Crippen molar-refractivity contribution in [3.8, 4) is 0 Å². The van der Waals surface area contributed by atoms with Crippen LogP contribution < -0.4 is 10.3 Å². The van der Waals surface area contributed by atoms with Crippen LogP contribution in [0.15, 0.2) is 53.3 Å². The lowest BCUT2D eigenvalue weighted by molar-refractivity contribution is 0.00733. The summed E-state index contributed by atoms with van der Waals surface area (Å²) in [4.78, 5) is 26.6. The van der Waals surface area contributed by atoms with Crippen molar-refractivity contribution in [3.05, 3.63) is 70.1 Å². The second kappa shape index (κ2) is 8.96. The molecule has 1 aromatic heterocycles. The highest BCUT2D eigenvalue weighted by atomic mass is 32.2. The standard InChI is InChI=1S/C21H24N4O5S/c1-14-17-6-4-5-7-18(17)21(28)25(22-14)13-20(27)24(2)12-19(26)15-8-10-16(11-9-15)23-31(3,29)30/h4-11,20,23,27H,12-13H2,1-3H3. The number of anilines is 1. The minimum absolute atomic E-state index is 0.0918. The van der Waals surface area contributed by atoms with Gasteiger partial charge in [-0.25, -0.2) is 13.1 Å². The van der Waals surface area contributed by atoms with Crippen molar-refractivity contribution < 1.29 is 18.3 Å². The molecule has 0 bridgehead atoms. The predicted molar refractivity (Wildman–Crippen MR) is 119 cm³/mol. The summed E-state index contributed by atoms with van der Waals surface area (Å²) in [6.45, 7) is 1.60. The minimum atomic E-state index is -3.40. The van der Waals surface area contributed by atoms with Crippen molar-refractivity contribution in [2.75, 3.05) is 24.6 Å². The lowest BCUT2D eigenvalue weighted by Gasteiger charge is -2.23. The average Bonchev–Trinajstić information content (AvgIpc) is 2.71. The van der Waals surface area contributed by atoms with Crippen LogP contribution in [0.5, 0.6) is 0 Å². The van der Waals surface area contributed by atoms with Crippen molar-refractivity contribution in [1.82, 2.24) is 14.7 Å². The van der Waals surface area contributed by atoms with E-state index in [1.54, 1.807) is 26.1 Å². The van der Waals surface area contributed by atoms with E-state index in [1.165, 1.54) is 33.8 Å². The Balaban J connectivity index is 1.69. The van der Waals surface area contributed by atoms with Crippen LogP contribution in [0.1, 0.15) is 16.1 Å². The van der Waals surface area contributed by atoms with Gasteiger partial charge in [0.15, 0.2) is 5.78 Å². The molecule has 0 saturated heterocycles. The molecule has 1 unspecified atom stereocenters. The van der Waals surface area contributed by atoms with Crippen molar-refractivity contribution in [2.45, 2.75) is 19.7 Å². The largest absolute Gasteiger partial charge is 0.376 e. The number of Topliss-reactive ketones (excluding diaryl/α,β-unsaturated/α-hetero) is 1. The van der Waals surface area contributed by atoms with E-state index in [0.717, 1.165) is 11.6 Å². The highest BCUT2D eigenvalue weighted by Gasteiger charge is 2.18. The van der Waals surface area contributed by atoms with Crippen LogP contribution in [0.2, 0.25) is 0 Å². The summed E-state index contributed by atoms with van der Waals surface area (Å²) in [7, 11) is -1.83. The second-order valence-electron chi connectivity index (χ2n) is 7.39. The van der Waals surface area contributed by atoms with E-state index in [4.69, 9.17) is 0 Å². The third kappa shape index (κ3) is 5.54. The number of fused-ring (bicyclic) bond motifs is 1. The highest BCUT2D eigenvalue weighted by Crippen LogP contribution is 2.13. The summed E-state index contributed by atoms with van der Waals surface area (Å²) < 4.78 is 26.1. The SMILES string of the molecule is Cc1nn(CC(O)N(C)CC(=O)c2ccc(NS(C)(=O)=O)cc2)c(=O)c2ccccc12. The maximum atomic E-state index is 12.7. The molecular weight excluding hydrogens is 420 g/mol. The van der Waals surface area contributed by atoms with Crippen LogP contribution in [-0.2, 0) is 16.6 Å². The van der Waals surface area contributed by atoms with Gasteiger partial charge in [0.25, 0.3) is 5.56 Å². The monoisotopic (exact) mass is 444 g/mol. The van der Waals surface area contributed by atoms with E-state index in [9.17, 15) is 23.1 Å². The number of aliphatic hydroxyl groups is 1. The fraction of sp³-hybridized carbons (Fsp3) is 0.286. The zero-order valence-corrected chi connectivity index (χ0v) is 18.3. The smallest absolute Gasteiger partial charge is 0.274 e. The number of rotatable bonds is 8. The first-order chi connectivity index (χ1) is 14.5. The van der Waals surface area contributed by atoms with Gasteiger partial charge in [-0.1, -0.05) is 18.2 Å². The molecular formula is C21H24N4O5S. The summed E-state index contributed by atoms with van der Waals surface area (Å²) in [5.41, 5.74) is 1.08. The number of hydrogen-bond donors (Lipinski definition) is 2. The first-order valence-corrected chi connectivity index (χ1v) is 11.4. The fourth-order valence-corrected chi connectivity index (χ4v) is 3.75.